The van der Waals surface area contributed by atoms with E-state index >= 15 is 0 Å². The molecule has 0 fully saturated rings. The monoisotopic (exact) mass is 338 g/mol. The van der Waals surface area contributed by atoms with Gasteiger partial charge in [-0.05, 0) is 24.3 Å². The fourth-order valence-electron chi connectivity index (χ4n) is 2.08. The SMILES string of the molecule is OCCNc1ncnc2nc(Nc3ccc(C(F)(F)F)cc3)[nH]c12. The van der Waals surface area contributed by atoms with Crippen LogP contribution in [0.15, 0.2) is 30.6 Å². The van der Waals surface area contributed by atoms with Crippen LogP contribution in [0.25, 0.3) is 11.2 Å². The number of aliphatic hydroxyl groups is 1. The van der Waals surface area contributed by atoms with Crippen LogP contribution in [0, 0.1) is 0 Å². The van der Waals surface area contributed by atoms with Crippen molar-refractivity contribution < 1.29 is 18.3 Å². The highest BCUT2D eigenvalue weighted by Crippen LogP contribution is 2.30. The Morgan fingerprint density at radius 1 is 1.12 bits per heavy atom. The van der Waals surface area contributed by atoms with Gasteiger partial charge in [-0.2, -0.15) is 18.2 Å². The first kappa shape index (κ1) is 16.0. The van der Waals surface area contributed by atoms with Gasteiger partial charge in [0.15, 0.2) is 11.5 Å². The first-order valence-corrected chi connectivity index (χ1v) is 6.97. The van der Waals surface area contributed by atoms with Crippen LogP contribution in [-0.2, 0) is 6.18 Å². The highest BCUT2D eigenvalue weighted by atomic mass is 19.4. The van der Waals surface area contributed by atoms with E-state index in [1.165, 1.54) is 18.5 Å². The lowest BCUT2D eigenvalue weighted by Gasteiger charge is -2.07. The molecule has 7 nitrogen and oxygen atoms in total. The molecule has 4 N–H and O–H groups in total. The molecule has 0 aliphatic carbocycles. The molecule has 10 heteroatoms. The lowest BCUT2D eigenvalue weighted by molar-refractivity contribution is -0.137. The lowest BCUT2D eigenvalue weighted by Crippen LogP contribution is -2.07. The summed E-state index contributed by atoms with van der Waals surface area (Å²) in [5, 5.41) is 14.6. The molecular formula is C14H13F3N6O. The number of benzene rings is 1. The first-order valence-electron chi connectivity index (χ1n) is 6.97. The Labute approximate surface area is 134 Å². The third kappa shape index (κ3) is 3.38. The van der Waals surface area contributed by atoms with Gasteiger partial charge >= 0.3 is 6.18 Å². The summed E-state index contributed by atoms with van der Waals surface area (Å²) in [6.45, 7) is 0.253. The Hall–Kier alpha value is -2.88. The Balaban J connectivity index is 1.82. The number of anilines is 3. The summed E-state index contributed by atoms with van der Waals surface area (Å²) in [6.07, 6.45) is -3.05. The van der Waals surface area contributed by atoms with Crippen molar-refractivity contribution in [2.24, 2.45) is 0 Å². The van der Waals surface area contributed by atoms with Crippen molar-refractivity contribution in [3.63, 3.8) is 0 Å². The Bertz CT molecular complexity index is 831. The molecule has 0 spiro atoms. The maximum Gasteiger partial charge on any atom is 0.416 e. The number of hydrogen-bond donors (Lipinski definition) is 4. The van der Waals surface area contributed by atoms with Crippen molar-refractivity contribution >= 4 is 28.6 Å². The topological polar surface area (TPSA) is 98.8 Å². The Kier molecular flexibility index (Phi) is 4.21. The molecule has 0 unspecified atom stereocenters. The maximum atomic E-state index is 12.6. The molecule has 2 heterocycles. The second kappa shape index (κ2) is 6.32. The molecule has 3 rings (SSSR count). The second-order valence-corrected chi connectivity index (χ2v) is 4.86. The molecular weight excluding hydrogens is 325 g/mol. The molecule has 0 atom stereocenters. The molecule has 0 radical (unpaired) electrons. The van der Waals surface area contributed by atoms with Crippen molar-refractivity contribution in [3.05, 3.63) is 36.2 Å². The van der Waals surface area contributed by atoms with E-state index in [1.54, 1.807) is 0 Å². The van der Waals surface area contributed by atoms with Gasteiger partial charge in [-0.3, -0.25) is 0 Å². The van der Waals surface area contributed by atoms with Gasteiger partial charge in [0.25, 0.3) is 0 Å². The van der Waals surface area contributed by atoms with Crippen molar-refractivity contribution in [1.82, 2.24) is 19.9 Å². The van der Waals surface area contributed by atoms with Crippen molar-refractivity contribution in [2.45, 2.75) is 6.18 Å². The number of imidazole rings is 1. The summed E-state index contributed by atoms with van der Waals surface area (Å²) < 4.78 is 37.7. The fourth-order valence-corrected chi connectivity index (χ4v) is 2.08. The number of aromatic nitrogens is 4. The summed E-state index contributed by atoms with van der Waals surface area (Å²) in [4.78, 5) is 15.2. The molecule has 1 aromatic carbocycles. The maximum absolute atomic E-state index is 12.6. The van der Waals surface area contributed by atoms with Gasteiger partial charge in [0.05, 0.1) is 12.2 Å². The van der Waals surface area contributed by atoms with E-state index in [2.05, 4.69) is 30.6 Å². The summed E-state index contributed by atoms with van der Waals surface area (Å²) >= 11 is 0. The van der Waals surface area contributed by atoms with Gasteiger partial charge in [-0.1, -0.05) is 0 Å². The van der Waals surface area contributed by atoms with E-state index in [-0.39, 0.29) is 6.61 Å². The number of hydrogen-bond acceptors (Lipinski definition) is 6. The number of H-pyrrole nitrogens is 1. The summed E-state index contributed by atoms with van der Waals surface area (Å²) in [5.41, 5.74) is 0.638. The van der Waals surface area contributed by atoms with Gasteiger partial charge < -0.3 is 20.7 Å². The molecule has 0 saturated heterocycles. The van der Waals surface area contributed by atoms with E-state index in [1.807, 2.05) is 0 Å². The number of fused-ring (bicyclic) bond motifs is 1. The Morgan fingerprint density at radius 2 is 1.88 bits per heavy atom. The molecule has 0 bridgehead atoms. The summed E-state index contributed by atoms with van der Waals surface area (Å²) in [5.74, 6) is 0.791. The molecule has 0 aliphatic rings. The zero-order valence-corrected chi connectivity index (χ0v) is 12.2. The standard InChI is InChI=1S/C14H13F3N6O/c15-14(16,17)8-1-3-9(4-2-8)21-13-22-10-11(18-5-6-24)19-7-20-12(10)23-13/h1-4,7,24H,5-6H2,(H3,18,19,20,21,22,23). The zero-order chi connectivity index (χ0) is 17.2. The number of alkyl halides is 3. The second-order valence-electron chi connectivity index (χ2n) is 4.86. The summed E-state index contributed by atoms with van der Waals surface area (Å²) in [7, 11) is 0. The van der Waals surface area contributed by atoms with Crippen molar-refractivity contribution in [1.29, 1.82) is 0 Å². The molecule has 0 aliphatic heterocycles. The number of aliphatic hydroxyl groups excluding tert-OH is 1. The van der Waals surface area contributed by atoms with E-state index in [9.17, 15) is 13.2 Å². The largest absolute Gasteiger partial charge is 0.416 e. The van der Waals surface area contributed by atoms with E-state index < -0.39 is 11.7 Å². The molecule has 24 heavy (non-hydrogen) atoms. The van der Waals surface area contributed by atoms with Crippen molar-refractivity contribution in [3.8, 4) is 0 Å². The van der Waals surface area contributed by atoms with Gasteiger partial charge in [0.1, 0.15) is 11.8 Å². The molecule has 0 saturated carbocycles. The van der Waals surface area contributed by atoms with Crippen LogP contribution in [0.1, 0.15) is 5.56 Å². The van der Waals surface area contributed by atoms with Gasteiger partial charge in [0, 0.05) is 12.2 Å². The minimum Gasteiger partial charge on any atom is -0.395 e. The van der Waals surface area contributed by atoms with Crippen LogP contribution < -0.4 is 10.6 Å². The van der Waals surface area contributed by atoms with Crippen LogP contribution in [0.4, 0.5) is 30.6 Å². The minimum atomic E-state index is -4.37. The predicted octanol–water partition coefficient (Wildman–Crippen LogP) is 2.52. The first-order chi connectivity index (χ1) is 11.5. The van der Waals surface area contributed by atoms with E-state index in [4.69, 9.17) is 5.11 Å². The summed E-state index contributed by atoms with van der Waals surface area (Å²) in [6, 6.07) is 4.59. The average molecular weight is 338 g/mol. The predicted molar refractivity (Wildman–Crippen MR) is 82.0 cm³/mol. The number of aromatic amines is 1. The van der Waals surface area contributed by atoms with Crippen molar-refractivity contribution in [2.75, 3.05) is 23.8 Å². The van der Waals surface area contributed by atoms with Gasteiger partial charge in [0.2, 0.25) is 5.95 Å². The van der Waals surface area contributed by atoms with Gasteiger partial charge in [-0.15, -0.1) is 0 Å². The molecule has 2 aromatic heterocycles. The third-order valence-corrected chi connectivity index (χ3v) is 3.17. The number of halogens is 3. The fraction of sp³-hybridized carbons (Fsp3) is 0.214. The molecule has 126 valence electrons. The molecule has 3 aromatic rings. The highest BCUT2D eigenvalue weighted by Gasteiger charge is 2.29. The number of rotatable bonds is 5. The van der Waals surface area contributed by atoms with Crippen LogP contribution >= 0.6 is 0 Å². The average Bonchev–Trinajstić information content (AvgIpc) is 2.95. The third-order valence-electron chi connectivity index (χ3n) is 3.17. The van der Waals surface area contributed by atoms with Gasteiger partial charge in [-0.25, -0.2) is 9.97 Å². The molecule has 0 amide bonds. The van der Waals surface area contributed by atoms with Crippen LogP contribution in [-0.4, -0.2) is 38.2 Å². The quantitative estimate of drug-likeness (QED) is 0.571. The smallest absolute Gasteiger partial charge is 0.395 e. The Morgan fingerprint density at radius 3 is 2.54 bits per heavy atom. The van der Waals surface area contributed by atoms with E-state index in [0.29, 0.717) is 35.2 Å². The minimum absolute atomic E-state index is 0.0592. The normalized spacial score (nSPS) is 11.7. The van der Waals surface area contributed by atoms with E-state index in [0.717, 1.165) is 12.1 Å². The van der Waals surface area contributed by atoms with Crippen LogP contribution in [0.2, 0.25) is 0 Å². The highest BCUT2D eigenvalue weighted by molar-refractivity contribution is 5.84. The lowest BCUT2D eigenvalue weighted by atomic mass is 10.2. The number of nitrogens with zero attached hydrogens (tertiary/aromatic N) is 3. The van der Waals surface area contributed by atoms with Crippen LogP contribution in [0.5, 0.6) is 0 Å². The number of nitrogens with one attached hydrogen (secondary N) is 3. The zero-order valence-electron chi connectivity index (χ0n) is 12.2. The van der Waals surface area contributed by atoms with Crippen LogP contribution in [0.3, 0.4) is 0 Å².